The zero-order valence-corrected chi connectivity index (χ0v) is 20.9. The Labute approximate surface area is 202 Å². The van der Waals surface area contributed by atoms with Crippen LogP contribution >= 0.6 is 0 Å². The molecule has 1 heterocycles. The minimum absolute atomic E-state index is 0.0509. The van der Waals surface area contributed by atoms with Gasteiger partial charge in [-0.3, -0.25) is 9.69 Å². The van der Waals surface area contributed by atoms with Crippen molar-refractivity contribution in [2.24, 2.45) is 0 Å². The summed E-state index contributed by atoms with van der Waals surface area (Å²) in [6.45, 7) is 4.40. The second kappa shape index (κ2) is 10.3. The number of carbonyl (C=O) groups is 1. The molecule has 9 heteroatoms. The Morgan fingerprint density at radius 1 is 1.00 bits per heavy atom. The van der Waals surface area contributed by atoms with Crippen LogP contribution in [0.2, 0.25) is 0 Å². The first-order valence-corrected chi connectivity index (χ1v) is 13.1. The number of ether oxygens (including phenoxy) is 2. The predicted molar refractivity (Wildman–Crippen MR) is 129 cm³/mol. The van der Waals surface area contributed by atoms with Gasteiger partial charge in [-0.2, -0.15) is 4.31 Å². The molecule has 184 valence electrons. The number of methoxy groups -OCH3 is 2. The molecule has 0 unspecified atom stereocenters. The van der Waals surface area contributed by atoms with Crippen molar-refractivity contribution >= 4 is 15.9 Å². The van der Waals surface area contributed by atoms with Crippen LogP contribution in [0.15, 0.2) is 47.4 Å². The van der Waals surface area contributed by atoms with Crippen molar-refractivity contribution in [3.8, 4) is 11.5 Å². The lowest BCUT2D eigenvalue weighted by Gasteiger charge is -2.35. The Kier molecular flexibility index (Phi) is 7.45. The summed E-state index contributed by atoms with van der Waals surface area (Å²) in [6.07, 6.45) is 2.24. The van der Waals surface area contributed by atoms with Crippen molar-refractivity contribution in [1.29, 1.82) is 0 Å². The van der Waals surface area contributed by atoms with Gasteiger partial charge in [-0.25, -0.2) is 8.42 Å². The third kappa shape index (κ3) is 5.54. The second-order valence-electron chi connectivity index (χ2n) is 8.92. The van der Waals surface area contributed by atoms with Gasteiger partial charge in [0.2, 0.25) is 15.9 Å². The lowest BCUT2D eigenvalue weighted by Crippen LogP contribution is -2.52. The molecule has 0 N–H and O–H groups in total. The average molecular weight is 488 g/mol. The topological polar surface area (TPSA) is 79.4 Å². The minimum Gasteiger partial charge on any atom is -0.497 e. The SMILES string of the molecule is COc1ccc(OC)c(S(=O)(=O)N2CCN(C(=O)CN(Cc3ccc(C)cc3)C3CC3)CC2)c1. The number of carbonyl (C=O) groups excluding carboxylic acids is 1. The summed E-state index contributed by atoms with van der Waals surface area (Å²) < 4.78 is 38.5. The summed E-state index contributed by atoms with van der Waals surface area (Å²) in [4.78, 5) is 17.2. The molecule has 2 aromatic carbocycles. The smallest absolute Gasteiger partial charge is 0.247 e. The Bertz CT molecular complexity index is 1110. The number of nitrogens with zero attached hydrogens (tertiary/aromatic N) is 3. The number of piperazine rings is 1. The molecule has 2 aromatic rings. The summed E-state index contributed by atoms with van der Waals surface area (Å²) in [5, 5.41) is 0. The van der Waals surface area contributed by atoms with Crippen LogP contribution in [-0.2, 0) is 21.4 Å². The zero-order valence-electron chi connectivity index (χ0n) is 20.1. The van der Waals surface area contributed by atoms with E-state index in [-0.39, 0.29) is 29.6 Å². The second-order valence-corrected chi connectivity index (χ2v) is 10.8. The first-order valence-electron chi connectivity index (χ1n) is 11.6. The van der Waals surface area contributed by atoms with Crippen LogP contribution in [-0.4, -0.2) is 81.4 Å². The molecule has 2 fully saturated rings. The third-order valence-corrected chi connectivity index (χ3v) is 8.41. The fraction of sp³-hybridized carbons (Fsp3) is 0.480. The lowest BCUT2D eigenvalue weighted by atomic mass is 10.1. The summed E-state index contributed by atoms with van der Waals surface area (Å²) in [6, 6.07) is 13.6. The van der Waals surface area contributed by atoms with Crippen molar-refractivity contribution in [2.75, 3.05) is 46.9 Å². The highest BCUT2D eigenvalue weighted by Crippen LogP contribution is 2.31. The molecule has 0 radical (unpaired) electrons. The van der Waals surface area contributed by atoms with Crippen molar-refractivity contribution in [3.63, 3.8) is 0 Å². The van der Waals surface area contributed by atoms with Crippen LogP contribution < -0.4 is 9.47 Å². The van der Waals surface area contributed by atoms with E-state index in [1.807, 2.05) is 0 Å². The Hall–Kier alpha value is -2.62. The molecule has 1 aliphatic carbocycles. The number of hydrogen-bond acceptors (Lipinski definition) is 6. The highest BCUT2D eigenvalue weighted by atomic mass is 32.2. The van der Waals surface area contributed by atoms with E-state index < -0.39 is 10.0 Å². The van der Waals surface area contributed by atoms with E-state index in [1.54, 1.807) is 17.0 Å². The van der Waals surface area contributed by atoms with Crippen LogP contribution in [0.1, 0.15) is 24.0 Å². The molecule has 4 rings (SSSR count). The van der Waals surface area contributed by atoms with Gasteiger partial charge >= 0.3 is 0 Å². The molecule has 0 spiro atoms. The molecular formula is C25H33N3O5S. The fourth-order valence-corrected chi connectivity index (χ4v) is 5.85. The molecular weight excluding hydrogens is 454 g/mol. The van der Waals surface area contributed by atoms with E-state index in [4.69, 9.17) is 9.47 Å². The summed E-state index contributed by atoms with van der Waals surface area (Å²) in [7, 11) is -0.841. The number of sulfonamides is 1. The van der Waals surface area contributed by atoms with Crippen LogP contribution in [0, 0.1) is 6.92 Å². The summed E-state index contributed by atoms with van der Waals surface area (Å²) >= 11 is 0. The van der Waals surface area contributed by atoms with Crippen molar-refractivity contribution in [2.45, 2.75) is 37.2 Å². The Morgan fingerprint density at radius 2 is 1.68 bits per heavy atom. The first kappa shape index (κ1) is 24.5. The van der Waals surface area contributed by atoms with E-state index >= 15 is 0 Å². The Balaban J connectivity index is 1.38. The van der Waals surface area contributed by atoms with Gasteiger partial charge in [0.25, 0.3) is 0 Å². The maximum absolute atomic E-state index is 13.3. The maximum atomic E-state index is 13.3. The number of benzene rings is 2. The van der Waals surface area contributed by atoms with E-state index in [0.717, 1.165) is 19.4 Å². The van der Waals surface area contributed by atoms with Gasteiger partial charge in [0.1, 0.15) is 16.4 Å². The van der Waals surface area contributed by atoms with Gasteiger partial charge in [0, 0.05) is 44.8 Å². The third-order valence-electron chi connectivity index (χ3n) is 6.49. The van der Waals surface area contributed by atoms with Gasteiger partial charge in [0.05, 0.1) is 20.8 Å². The minimum atomic E-state index is -3.78. The largest absolute Gasteiger partial charge is 0.497 e. The molecule has 0 bridgehead atoms. The molecule has 1 amide bonds. The van der Waals surface area contributed by atoms with Crippen molar-refractivity contribution in [1.82, 2.24) is 14.1 Å². The zero-order chi connectivity index (χ0) is 24.3. The van der Waals surface area contributed by atoms with Crippen LogP contribution in [0.5, 0.6) is 11.5 Å². The number of amides is 1. The number of rotatable bonds is 9. The summed E-state index contributed by atoms with van der Waals surface area (Å²) in [5.74, 6) is 0.771. The van der Waals surface area contributed by atoms with Gasteiger partial charge in [-0.1, -0.05) is 29.8 Å². The monoisotopic (exact) mass is 487 g/mol. The number of hydrogen-bond donors (Lipinski definition) is 0. The first-order chi connectivity index (χ1) is 16.3. The molecule has 34 heavy (non-hydrogen) atoms. The van der Waals surface area contributed by atoms with Crippen LogP contribution in [0.3, 0.4) is 0 Å². The van der Waals surface area contributed by atoms with E-state index in [0.29, 0.717) is 31.4 Å². The molecule has 0 atom stereocenters. The van der Waals surface area contributed by atoms with Crippen molar-refractivity contribution in [3.05, 3.63) is 53.6 Å². The molecule has 1 saturated heterocycles. The molecule has 1 saturated carbocycles. The van der Waals surface area contributed by atoms with Crippen LogP contribution in [0.4, 0.5) is 0 Å². The molecule has 2 aliphatic rings. The highest BCUT2D eigenvalue weighted by Gasteiger charge is 2.35. The average Bonchev–Trinajstić information content (AvgIpc) is 3.70. The van der Waals surface area contributed by atoms with E-state index in [2.05, 4.69) is 36.1 Å². The molecule has 1 aliphatic heterocycles. The van der Waals surface area contributed by atoms with Gasteiger partial charge in [0.15, 0.2) is 0 Å². The highest BCUT2D eigenvalue weighted by molar-refractivity contribution is 7.89. The fourth-order valence-electron chi connectivity index (χ4n) is 4.26. The van der Waals surface area contributed by atoms with Crippen molar-refractivity contribution < 1.29 is 22.7 Å². The van der Waals surface area contributed by atoms with Gasteiger partial charge in [-0.15, -0.1) is 0 Å². The lowest BCUT2D eigenvalue weighted by molar-refractivity contribution is -0.133. The molecule has 8 nitrogen and oxygen atoms in total. The van der Waals surface area contributed by atoms with E-state index in [9.17, 15) is 13.2 Å². The predicted octanol–water partition coefficient (Wildman–Crippen LogP) is 2.51. The number of aryl methyl sites for hydroxylation is 1. The Morgan fingerprint density at radius 3 is 2.26 bits per heavy atom. The quantitative estimate of drug-likeness (QED) is 0.541. The molecule has 0 aromatic heterocycles. The summed E-state index contributed by atoms with van der Waals surface area (Å²) in [5.41, 5.74) is 2.42. The van der Waals surface area contributed by atoms with Crippen LogP contribution in [0.25, 0.3) is 0 Å². The van der Waals surface area contributed by atoms with Gasteiger partial charge in [-0.05, 0) is 37.5 Å². The van der Waals surface area contributed by atoms with E-state index in [1.165, 1.54) is 35.7 Å². The normalized spacial score (nSPS) is 17.1. The maximum Gasteiger partial charge on any atom is 0.247 e. The standard InChI is InChI=1S/C25H33N3O5S/c1-19-4-6-20(7-5-19)17-27(21-8-9-21)18-25(29)26-12-14-28(15-13-26)34(30,31)24-16-22(32-2)10-11-23(24)33-3/h4-7,10-11,16,21H,8-9,12-15,17-18H2,1-3H3. The van der Waals surface area contributed by atoms with Gasteiger partial charge < -0.3 is 14.4 Å².